The molecule has 3 heteroatoms. The molecule has 2 nitrogen and oxygen atoms in total. The predicted octanol–water partition coefficient (Wildman–Crippen LogP) is 3.04. The summed E-state index contributed by atoms with van der Waals surface area (Å²) in [5.41, 5.74) is 1.27. The fraction of sp³-hybridized carbons (Fsp3) is 0.500. The Kier molecular flexibility index (Phi) is 6.44. The number of halogens is 1. The van der Waals surface area contributed by atoms with Gasteiger partial charge in [0.25, 0.3) is 0 Å². The Morgan fingerprint density at radius 3 is 2.73 bits per heavy atom. The number of ether oxygens (including phenoxy) is 2. The fourth-order valence-corrected chi connectivity index (χ4v) is 1.62. The molecule has 0 aliphatic carbocycles. The molecule has 0 heterocycles. The molecule has 1 rings (SSSR count). The monoisotopic (exact) mass is 272 g/mol. The number of benzene rings is 1. The van der Waals surface area contributed by atoms with Crippen molar-refractivity contribution in [3.63, 3.8) is 0 Å². The molecule has 1 aromatic rings. The topological polar surface area (TPSA) is 18.5 Å². The summed E-state index contributed by atoms with van der Waals surface area (Å²) < 4.78 is 10.6. The first-order chi connectivity index (χ1) is 7.38. The third-order valence-electron chi connectivity index (χ3n) is 2.10. The molecule has 1 aromatic carbocycles. The second-order valence-corrected chi connectivity index (χ2v) is 4.03. The second kappa shape index (κ2) is 7.71. The van der Waals surface area contributed by atoms with Gasteiger partial charge < -0.3 is 9.47 Å². The number of alkyl halides is 1. The van der Waals surface area contributed by atoms with Crippen LogP contribution in [0.15, 0.2) is 24.3 Å². The molecule has 0 radical (unpaired) electrons. The molecule has 0 bridgehead atoms. The maximum Gasteiger partial charge on any atom is 0.122 e. The summed E-state index contributed by atoms with van der Waals surface area (Å²) in [5, 5.41) is 1.03. The van der Waals surface area contributed by atoms with E-state index in [4.69, 9.17) is 9.47 Å². The quantitative estimate of drug-likeness (QED) is 0.561. The van der Waals surface area contributed by atoms with Gasteiger partial charge in [0.1, 0.15) is 12.4 Å². The van der Waals surface area contributed by atoms with Crippen LogP contribution < -0.4 is 4.74 Å². The van der Waals surface area contributed by atoms with Crippen LogP contribution in [0.4, 0.5) is 0 Å². The molecule has 0 atom stereocenters. The highest BCUT2D eigenvalue weighted by atomic mass is 79.9. The SMILES string of the molecule is COCCOc1ccccc1CCCBr. The van der Waals surface area contributed by atoms with Gasteiger partial charge in [-0.15, -0.1) is 0 Å². The van der Waals surface area contributed by atoms with E-state index in [0.717, 1.165) is 23.9 Å². The number of para-hydroxylation sites is 1. The minimum atomic E-state index is 0.613. The number of rotatable bonds is 7. The largest absolute Gasteiger partial charge is 0.491 e. The van der Waals surface area contributed by atoms with E-state index in [1.807, 2.05) is 18.2 Å². The van der Waals surface area contributed by atoms with Gasteiger partial charge in [0.05, 0.1) is 6.61 Å². The zero-order valence-corrected chi connectivity index (χ0v) is 10.6. The van der Waals surface area contributed by atoms with Crippen molar-refractivity contribution in [2.75, 3.05) is 25.7 Å². The summed E-state index contributed by atoms with van der Waals surface area (Å²) in [4.78, 5) is 0. The Hall–Kier alpha value is -0.540. The van der Waals surface area contributed by atoms with E-state index in [1.165, 1.54) is 5.56 Å². The maximum absolute atomic E-state index is 5.63. The van der Waals surface area contributed by atoms with Crippen molar-refractivity contribution in [2.45, 2.75) is 12.8 Å². The summed E-state index contributed by atoms with van der Waals surface area (Å²) >= 11 is 3.43. The summed E-state index contributed by atoms with van der Waals surface area (Å²) in [7, 11) is 1.68. The summed E-state index contributed by atoms with van der Waals surface area (Å²) in [5.74, 6) is 0.982. The van der Waals surface area contributed by atoms with Crippen LogP contribution in [0.3, 0.4) is 0 Å². The van der Waals surface area contributed by atoms with E-state index in [9.17, 15) is 0 Å². The highest BCUT2D eigenvalue weighted by molar-refractivity contribution is 9.09. The van der Waals surface area contributed by atoms with Crippen LogP contribution >= 0.6 is 15.9 Å². The first-order valence-corrected chi connectivity index (χ1v) is 6.26. The molecule has 0 unspecified atom stereocenters. The predicted molar refractivity (Wildman–Crippen MR) is 65.9 cm³/mol. The molecule has 0 spiro atoms. The smallest absolute Gasteiger partial charge is 0.122 e. The van der Waals surface area contributed by atoms with Crippen LogP contribution in [-0.4, -0.2) is 25.7 Å². The zero-order valence-electron chi connectivity index (χ0n) is 9.04. The molecule has 0 N–H and O–H groups in total. The van der Waals surface area contributed by atoms with Crippen LogP contribution in [0.1, 0.15) is 12.0 Å². The first kappa shape index (κ1) is 12.5. The summed E-state index contributed by atoms with van der Waals surface area (Å²) in [6.45, 7) is 1.24. The molecule has 0 fully saturated rings. The lowest BCUT2D eigenvalue weighted by atomic mass is 10.1. The van der Waals surface area contributed by atoms with E-state index in [-0.39, 0.29) is 0 Å². The van der Waals surface area contributed by atoms with Gasteiger partial charge in [-0.1, -0.05) is 34.1 Å². The average Bonchev–Trinajstić information content (AvgIpc) is 2.28. The third kappa shape index (κ3) is 4.67. The Morgan fingerprint density at radius 2 is 2.00 bits per heavy atom. The van der Waals surface area contributed by atoms with Crippen LogP contribution in [0.2, 0.25) is 0 Å². The molecule has 0 aromatic heterocycles. The minimum Gasteiger partial charge on any atom is -0.491 e. The van der Waals surface area contributed by atoms with Crippen LogP contribution in [0.5, 0.6) is 5.75 Å². The van der Waals surface area contributed by atoms with Gasteiger partial charge in [-0.3, -0.25) is 0 Å². The number of hydrogen-bond acceptors (Lipinski definition) is 2. The van der Waals surface area contributed by atoms with Crippen molar-refractivity contribution in [1.29, 1.82) is 0 Å². The standard InChI is InChI=1S/C12H17BrO2/c1-14-9-10-15-12-7-3-2-5-11(12)6-4-8-13/h2-3,5,7H,4,6,8-10H2,1H3. The van der Waals surface area contributed by atoms with Gasteiger partial charge in [-0.05, 0) is 24.5 Å². The maximum atomic E-state index is 5.63. The van der Waals surface area contributed by atoms with E-state index in [2.05, 4.69) is 22.0 Å². The molecule has 15 heavy (non-hydrogen) atoms. The lowest BCUT2D eigenvalue weighted by Crippen LogP contribution is -2.05. The molecule has 0 aliphatic heterocycles. The van der Waals surface area contributed by atoms with E-state index < -0.39 is 0 Å². The molecule has 84 valence electrons. The van der Waals surface area contributed by atoms with Gasteiger partial charge in [0, 0.05) is 12.4 Å². The van der Waals surface area contributed by atoms with Crippen LogP contribution in [-0.2, 0) is 11.2 Å². The highest BCUT2D eigenvalue weighted by Gasteiger charge is 2.01. The minimum absolute atomic E-state index is 0.613. The summed E-state index contributed by atoms with van der Waals surface area (Å²) in [6.07, 6.45) is 2.18. The van der Waals surface area contributed by atoms with Crippen molar-refractivity contribution in [1.82, 2.24) is 0 Å². The van der Waals surface area contributed by atoms with E-state index in [0.29, 0.717) is 13.2 Å². The Bertz CT molecular complexity index is 276. The second-order valence-electron chi connectivity index (χ2n) is 3.24. The van der Waals surface area contributed by atoms with Crippen LogP contribution in [0.25, 0.3) is 0 Å². The molecule has 0 saturated heterocycles. The molecular formula is C12H17BrO2. The fourth-order valence-electron chi connectivity index (χ4n) is 1.34. The zero-order chi connectivity index (χ0) is 10.9. The van der Waals surface area contributed by atoms with Crippen molar-refractivity contribution in [3.05, 3.63) is 29.8 Å². The molecule has 0 amide bonds. The van der Waals surface area contributed by atoms with E-state index in [1.54, 1.807) is 7.11 Å². The lowest BCUT2D eigenvalue weighted by Gasteiger charge is -2.10. The Labute approximate surface area is 99.7 Å². The van der Waals surface area contributed by atoms with Crippen molar-refractivity contribution >= 4 is 15.9 Å². The van der Waals surface area contributed by atoms with Gasteiger partial charge in [-0.25, -0.2) is 0 Å². The first-order valence-electron chi connectivity index (χ1n) is 5.14. The van der Waals surface area contributed by atoms with Crippen LogP contribution in [0, 0.1) is 0 Å². The number of aryl methyl sites for hydroxylation is 1. The van der Waals surface area contributed by atoms with Crippen molar-refractivity contribution in [2.24, 2.45) is 0 Å². The third-order valence-corrected chi connectivity index (χ3v) is 2.66. The van der Waals surface area contributed by atoms with Gasteiger partial charge in [0.15, 0.2) is 0 Å². The van der Waals surface area contributed by atoms with Gasteiger partial charge >= 0.3 is 0 Å². The Balaban J connectivity index is 2.52. The molecular weight excluding hydrogens is 256 g/mol. The normalized spacial score (nSPS) is 10.3. The lowest BCUT2D eigenvalue weighted by molar-refractivity contribution is 0.146. The van der Waals surface area contributed by atoms with Crippen molar-refractivity contribution < 1.29 is 9.47 Å². The molecule has 0 saturated carbocycles. The average molecular weight is 273 g/mol. The van der Waals surface area contributed by atoms with Gasteiger partial charge in [-0.2, -0.15) is 0 Å². The van der Waals surface area contributed by atoms with Gasteiger partial charge in [0.2, 0.25) is 0 Å². The number of methoxy groups -OCH3 is 1. The summed E-state index contributed by atoms with van der Waals surface area (Å²) in [6, 6.07) is 8.18. The van der Waals surface area contributed by atoms with Crippen molar-refractivity contribution in [3.8, 4) is 5.75 Å². The highest BCUT2D eigenvalue weighted by Crippen LogP contribution is 2.19. The van der Waals surface area contributed by atoms with E-state index >= 15 is 0 Å². The number of hydrogen-bond donors (Lipinski definition) is 0. The Morgan fingerprint density at radius 1 is 1.20 bits per heavy atom. The molecule has 0 aliphatic rings.